The first kappa shape index (κ1) is 15.2. The van der Waals surface area contributed by atoms with Crippen molar-refractivity contribution in [2.24, 2.45) is 0 Å². The van der Waals surface area contributed by atoms with Gasteiger partial charge in [0.1, 0.15) is 11.6 Å². The van der Waals surface area contributed by atoms with Gasteiger partial charge in [0.05, 0.1) is 25.9 Å². The smallest absolute Gasteiger partial charge is 0.320 e. The average Bonchev–Trinajstić information content (AvgIpc) is 2.93. The molecule has 2 aromatic rings. The normalized spacial score (nSPS) is 10.6. The molecule has 0 fully saturated rings. The number of hydrogen-bond donors (Lipinski definition) is 2. The van der Waals surface area contributed by atoms with Crippen molar-refractivity contribution in [3.63, 3.8) is 0 Å². The Morgan fingerprint density at radius 1 is 1.29 bits per heavy atom. The summed E-state index contributed by atoms with van der Waals surface area (Å²) in [6.07, 6.45) is 0. The summed E-state index contributed by atoms with van der Waals surface area (Å²) in [6.45, 7) is 1.68. The van der Waals surface area contributed by atoms with Crippen LogP contribution in [0.3, 0.4) is 0 Å². The molecule has 0 unspecified atom stereocenters. The Morgan fingerprint density at radius 2 is 2.14 bits per heavy atom. The van der Waals surface area contributed by atoms with Gasteiger partial charge >= 0.3 is 6.01 Å². The summed E-state index contributed by atoms with van der Waals surface area (Å²) in [5.41, 5.74) is 0.205. The fraction of sp³-hybridized carbons (Fsp3) is 0.385. The fourth-order valence-corrected chi connectivity index (χ4v) is 1.59. The van der Waals surface area contributed by atoms with Gasteiger partial charge in [0, 0.05) is 19.7 Å². The summed E-state index contributed by atoms with van der Waals surface area (Å²) < 4.78 is 28.9. The monoisotopic (exact) mass is 296 g/mol. The molecule has 2 rings (SSSR count). The van der Waals surface area contributed by atoms with Crippen molar-refractivity contribution < 1.29 is 18.3 Å². The van der Waals surface area contributed by atoms with Crippen molar-refractivity contribution in [1.82, 2.24) is 15.5 Å². The SMILES string of the molecule is COCCNCc1nnc(Nc2cc(OC)ccc2F)o1. The van der Waals surface area contributed by atoms with Crippen LogP contribution in [-0.2, 0) is 11.3 Å². The quantitative estimate of drug-likeness (QED) is 0.717. The molecule has 0 bridgehead atoms. The van der Waals surface area contributed by atoms with Gasteiger partial charge in [-0.3, -0.25) is 0 Å². The van der Waals surface area contributed by atoms with Crippen LogP contribution in [-0.4, -0.2) is 37.6 Å². The summed E-state index contributed by atoms with van der Waals surface area (Å²) in [6, 6.07) is 4.45. The zero-order valence-corrected chi connectivity index (χ0v) is 11.9. The van der Waals surface area contributed by atoms with Crippen LogP contribution in [0.5, 0.6) is 5.75 Å². The lowest BCUT2D eigenvalue weighted by atomic mass is 10.3. The number of hydrogen-bond acceptors (Lipinski definition) is 7. The minimum absolute atomic E-state index is 0.116. The molecule has 0 aliphatic heterocycles. The molecule has 0 spiro atoms. The topological polar surface area (TPSA) is 81.4 Å². The minimum Gasteiger partial charge on any atom is -0.497 e. The highest BCUT2D eigenvalue weighted by Crippen LogP contribution is 2.24. The maximum absolute atomic E-state index is 13.7. The maximum atomic E-state index is 13.7. The highest BCUT2D eigenvalue weighted by molar-refractivity contribution is 5.55. The second-order valence-electron chi connectivity index (χ2n) is 4.14. The van der Waals surface area contributed by atoms with Gasteiger partial charge in [-0.1, -0.05) is 5.10 Å². The third-order valence-corrected chi connectivity index (χ3v) is 2.64. The molecule has 21 heavy (non-hydrogen) atoms. The van der Waals surface area contributed by atoms with E-state index in [-0.39, 0.29) is 11.7 Å². The van der Waals surface area contributed by atoms with Crippen molar-refractivity contribution in [3.05, 3.63) is 29.9 Å². The Kier molecular flexibility index (Phi) is 5.47. The summed E-state index contributed by atoms with van der Waals surface area (Å²) in [4.78, 5) is 0. The van der Waals surface area contributed by atoms with Crippen molar-refractivity contribution >= 4 is 11.7 Å². The second-order valence-corrected chi connectivity index (χ2v) is 4.14. The van der Waals surface area contributed by atoms with Crippen molar-refractivity contribution in [2.75, 3.05) is 32.7 Å². The van der Waals surface area contributed by atoms with Gasteiger partial charge in [-0.2, -0.15) is 0 Å². The molecular weight excluding hydrogens is 279 g/mol. The van der Waals surface area contributed by atoms with E-state index in [0.717, 1.165) is 0 Å². The third kappa shape index (κ3) is 4.40. The van der Waals surface area contributed by atoms with Crippen LogP contribution in [0, 0.1) is 5.82 Å². The number of methoxy groups -OCH3 is 2. The summed E-state index contributed by atoms with van der Waals surface area (Å²) in [5.74, 6) is 0.491. The summed E-state index contributed by atoms with van der Waals surface area (Å²) >= 11 is 0. The molecule has 8 heteroatoms. The Hall–Kier alpha value is -2.19. The summed E-state index contributed by atoms with van der Waals surface area (Å²) in [7, 11) is 3.13. The Bertz CT molecular complexity index is 576. The molecule has 0 atom stereocenters. The Morgan fingerprint density at radius 3 is 2.90 bits per heavy atom. The van der Waals surface area contributed by atoms with Crippen LogP contribution >= 0.6 is 0 Å². The molecule has 0 aliphatic carbocycles. The maximum Gasteiger partial charge on any atom is 0.320 e. The molecular formula is C13H17FN4O3. The van der Waals surface area contributed by atoms with E-state index in [2.05, 4.69) is 20.8 Å². The van der Waals surface area contributed by atoms with E-state index in [1.54, 1.807) is 7.11 Å². The van der Waals surface area contributed by atoms with E-state index >= 15 is 0 Å². The molecule has 1 aromatic heterocycles. The van der Waals surface area contributed by atoms with Gasteiger partial charge in [-0.15, -0.1) is 5.10 Å². The average molecular weight is 296 g/mol. The van der Waals surface area contributed by atoms with Gasteiger partial charge in [0.15, 0.2) is 0 Å². The number of nitrogens with zero attached hydrogens (tertiary/aromatic N) is 2. The van der Waals surface area contributed by atoms with E-state index < -0.39 is 5.82 Å². The lowest BCUT2D eigenvalue weighted by Crippen LogP contribution is -2.18. The van der Waals surface area contributed by atoms with Crippen LogP contribution < -0.4 is 15.4 Å². The van der Waals surface area contributed by atoms with Crippen molar-refractivity contribution in [1.29, 1.82) is 0 Å². The number of benzene rings is 1. The number of halogens is 1. The van der Waals surface area contributed by atoms with E-state index in [9.17, 15) is 4.39 Å². The fourth-order valence-electron chi connectivity index (χ4n) is 1.59. The van der Waals surface area contributed by atoms with Crippen LogP contribution in [0.15, 0.2) is 22.6 Å². The van der Waals surface area contributed by atoms with Gasteiger partial charge in [-0.25, -0.2) is 4.39 Å². The molecule has 1 heterocycles. The van der Waals surface area contributed by atoms with Gasteiger partial charge in [-0.05, 0) is 12.1 Å². The minimum atomic E-state index is -0.436. The van der Waals surface area contributed by atoms with Gasteiger partial charge in [0.2, 0.25) is 5.89 Å². The standard InChI is InChI=1S/C13H17FN4O3/c1-19-6-5-15-8-12-17-18-13(21-12)16-11-7-9(20-2)3-4-10(11)14/h3-4,7,15H,5-6,8H2,1-2H3,(H,16,18). The number of ether oxygens (including phenoxy) is 2. The lowest BCUT2D eigenvalue weighted by Gasteiger charge is -2.05. The van der Waals surface area contributed by atoms with E-state index in [1.165, 1.54) is 25.3 Å². The van der Waals surface area contributed by atoms with E-state index in [4.69, 9.17) is 13.9 Å². The Labute approximate surface area is 121 Å². The Balaban J connectivity index is 1.96. The molecule has 7 nitrogen and oxygen atoms in total. The zero-order chi connectivity index (χ0) is 15.1. The molecule has 0 saturated carbocycles. The van der Waals surface area contributed by atoms with Gasteiger partial charge < -0.3 is 24.5 Å². The van der Waals surface area contributed by atoms with Crippen LogP contribution in [0.1, 0.15) is 5.89 Å². The van der Waals surface area contributed by atoms with Crippen LogP contribution in [0.4, 0.5) is 16.1 Å². The number of nitrogens with one attached hydrogen (secondary N) is 2. The molecule has 114 valence electrons. The predicted molar refractivity (Wildman–Crippen MR) is 74.1 cm³/mol. The number of aromatic nitrogens is 2. The van der Waals surface area contributed by atoms with E-state index in [0.29, 0.717) is 31.3 Å². The molecule has 0 amide bonds. The van der Waals surface area contributed by atoms with Crippen molar-refractivity contribution in [3.8, 4) is 5.75 Å². The first-order valence-electron chi connectivity index (χ1n) is 6.35. The zero-order valence-electron chi connectivity index (χ0n) is 11.9. The lowest BCUT2D eigenvalue weighted by molar-refractivity contribution is 0.198. The second kappa shape index (κ2) is 7.55. The number of anilines is 2. The third-order valence-electron chi connectivity index (χ3n) is 2.64. The molecule has 0 radical (unpaired) electrons. The number of rotatable bonds is 8. The predicted octanol–water partition coefficient (Wildman–Crippen LogP) is 1.70. The highest BCUT2D eigenvalue weighted by Gasteiger charge is 2.09. The van der Waals surface area contributed by atoms with Gasteiger partial charge in [0.25, 0.3) is 0 Å². The largest absolute Gasteiger partial charge is 0.497 e. The summed E-state index contributed by atoms with van der Waals surface area (Å²) in [5, 5.41) is 13.4. The molecule has 0 saturated heterocycles. The van der Waals surface area contributed by atoms with Crippen LogP contribution in [0.25, 0.3) is 0 Å². The molecule has 2 N–H and O–H groups in total. The highest BCUT2D eigenvalue weighted by atomic mass is 19.1. The van der Waals surface area contributed by atoms with Crippen LogP contribution in [0.2, 0.25) is 0 Å². The first-order valence-corrected chi connectivity index (χ1v) is 6.35. The molecule has 0 aliphatic rings. The van der Waals surface area contributed by atoms with Crippen molar-refractivity contribution in [2.45, 2.75) is 6.54 Å². The molecule has 1 aromatic carbocycles. The first-order chi connectivity index (χ1) is 10.2. The van der Waals surface area contributed by atoms with E-state index in [1.807, 2.05) is 0 Å².